The van der Waals surface area contributed by atoms with Gasteiger partial charge in [0.05, 0.1) is 27.7 Å². The van der Waals surface area contributed by atoms with E-state index in [-0.39, 0.29) is 30.1 Å². The summed E-state index contributed by atoms with van der Waals surface area (Å²) in [5, 5.41) is 4.66. The third-order valence-corrected chi connectivity index (χ3v) is 6.21. The van der Waals surface area contributed by atoms with Gasteiger partial charge in [-0.1, -0.05) is 19.0 Å². The Bertz CT molecular complexity index is 1010. The summed E-state index contributed by atoms with van der Waals surface area (Å²) in [6.07, 6.45) is 5.34. The molecule has 8 nitrogen and oxygen atoms in total. The predicted octanol–water partition coefficient (Wildman–Crippen LogP) is 1.69. The van der Waals surface area contributed by atoms with E-state index in [9.17, 15) is 9.00 Å². The molecular weight excluding hydrogens is 330 g/mol. The van der Waals surface area contributed by atoms with E-state index in [2.05, 4.69) is 20.1 Å². The number of aromatic nitrogens is 5. The van der Waals surface area contributed by atoms with Crippen LogP contribution < -0.4 is 5.56 Å². The van der Waals surface area contributed by atoms with Crippen molar-refractivity contribution >= 4 is 21.8 Å². The molecule has 1 fully saturated rings. The van der Waals surface area contributed by atoms with Crippen LogP contribution in [-0.4, -0.2) is 34.1 Å². The summed E-state index contributed by atoms with van der Waals surface area (Å²) >= 11 is 0. The van der Waals surface area contributed by atoms with Crippen LogP contribution >= 0.6 is 0 Å². The average Bonchev–Trinajstić information content (AvgIpc) is 3.23. The zero-order valence-corrected chi connectivity index (χ0v) is 12.7. The Kier molecular flexibility index (Phi) is 3.34. The van der Waals surface area contributed by atoms with Gasteiger partial charge in [0.1, 0.15) is 5.65 Å². The number of fused-ring (bicyclic) bond motifs is 3. The van der Waals surface area contributed by atoms with Crippen LogP contribution in [0.5, 0.6) is 0 Å². The number of nitrogens with zero attached hydrogens (tertiary/aromatic N) is 5. The van der Waals surface area contributed by atoms with Crippen molar-refractivity contribution in [3.63, 3.8) is 0 Å². The monoisotopic (exact) mass is 345 g/mol. The lowest BCUT2D eigenvalue weighted by Gasteiger charge is -2.19. The molecule has 3 aromatic rings. The third-order valence-electron chi connectivity index (χ3n) is 4.56. The van der Waals surface area contributed by atoms with Gasteiger partial charge in [0.25, 0.3) is 5.56 Å². The van der Waals surface area contributed by atoms with Gasteiger partial charge in [0.15, 0.2) is 0 Å². The molecule has 3 atom stereocenters. The minimum absolute atomic E-state index is 0. The van der Waals surface area contributed by atoms with Gasteiger partial charge in [0, 0.05) is 11.6 Å². The van der Waals surface area contributed by atoms with Crippen LogP contribution in [0.4, 0.5) is 0 Å². The SMILES string of the molecule is C.O=c1c(-c2ncon2)cc2cnc3nc2n1C1CCCC1S3=O. The molecule has 1 aliphatic heterocycles. The molecule has 4 heterocycles. The van der Waals surface area contributed by atoms with Crippen molar-refractivity contribution in [2.75, 3.05) is 0 Å². The molecular formula is C15H15N5O3S. The van der Waals surface area contributed by atoms with Crippen LogP contribution in [0.1, 0.15) is 32.7 Å². The Morgan fingerprint density at radius 3 is 2.96 bits per heavy atom. The Balaban J connectivity index is 0.00000146. The molecule has 124 valence electrons. The highest BCUT2D eigenvalue weighted by Gasteiger charge is 2.39. The largest absolute Gasteiger partial charge is 0.342 e. The molecule has 24 heavy (non-hydrogen) atoms. The summed E-state index contributed by atoms with van der Waals surface area (Å²) in [5.41, 5.74) is 0.662. The second-order valence-corrected chi connectivity index (χ2v) is 7.32. The maximum Gasteiger partial charge on any atom is 0.263 e. The molecule has 1 aliphatic carbocycles. The highest BCUT2D eigenvalue weighted by molar-refractivity contribution is 7.85. The van der Waals surface area contributed by atoms with Gasteiger partial charge in [-0.2, -0.15) is 4.98 Å². The Hall–Kier alpha value is -2.42. The van der Waals surface area contributed by atoms with Gasteiger partial charge in [-0.05, 0) is 18.9 Å². The maximum atomic E-state index is 13.0. The molecule has 2 bridgehead atoms. The Morgan fingerprint density at radius 2 is 2.17 bits per heavy atom. The highest BCUT2D eigenvalue weighted by atomic mass is 32.2. The lowest BCUT2D eigenvalue weighted by Crippen LogP contribution is -2.31. The second kappa shape index (κ2) is 5.30. The van der Waals surface area contributed by atoms with E-state index >= 15 is 0 Å². The quantitative estimate of drug-likeness (QED) is 0.618. The van der Waals surface area contributed by atoms with Gasteiger partial charge in [-0.25, -0.2) is 9.97 Å². The number of pyridine rings is 1. The summed E-state index contributed by atoms with van der Waals surface area (Å²) in [4.78, 5) is 25.6. The van der Waals surface area contributed by atoms with Crippen molar-refractivity contribution in [2.24, 2.45) is 0 Å². The molecule has 3 unspecified atom stereocenters. The predicted molar refractivity (Wildman–Crippen MR) is 86.9 cm³/mol. The van der Waals surface area contributed by atoms with Crippen molar-refractivity contribution in [2.45, 2.75) is 43.1 Å². The van der Waals surface area contributed by atoms with E-state index in [4.69, 9.17) is 4.52 Å². The van der Waals surface area contributed by atoms with Crippen LogP contribution in [0, 0.1) is 0 Å². The zero-order valence-electron chi connectivity index (χ0n) is 11.9. The van der Waals surface area contributed by atoms with Gasteiger partial charge < -0.3 is 4.52 Å². The van der Waals surface area contributed by atoms with E-state index in [0.717, 1.165) is 19.3 Å². The van der Waals surface area contributed by atoms with Crippen molar-refractivity contribution in [1.29, 1.82) is 0 Å². The summed E-state index contributed by atoms with van der Waals surface area (Å²) in [6.45, 7) is 0. The smallest absolute Gasteiger partial charge is 0.263 e. The van der Waals surface area contributed by atoms with Gasteiger partial charge in [0.2, 0.25) is 17.4 Å². The number of rotatable bonds is 1. The molecule has 0 radical (unpaired) electrons. The molecule has 1 saturated carbocycles. The molecule has 3 aromatic heterocycles. The van der Waals surface area contributed by atoms with Crippen molar-refractivity contribution in [3.8, 4) is 11.4 Å². The van der Waals surface area contributed by atoms with Crippen molar-refractivity contribution in [1.82, 2.24) is 24.7 Å². The first kappa shape index (κ1) is 15.1. The summed E-state index contributed by atoms with van der Waals surface area (Å²) in [6, 6.07) is 1.54. The summed E-state index contributed by atoms with van der Waals surface area (Å²) in [7, 11) is -1.29. The Labute approximate surface area is 139 Å². The average molecular weight is 345 g/mol. The molecule has 5 rings (SSSR count). The first-order valence-corrected chi connectivity index (χ1v) is 8.55. The zero-order chi connectivity index (χ0) is 15.6. The number of hydrogen-bond donors (Lipinski definition) is 0. The minimum atomic E-state index is -1.29. The molecule has 0 spiro atoms. The molecule has 2 aliphatic rings. The normalized spacial score (nSPS) is 24.6. The van der Waals surface area contributed by atoms with Crippen LogP contribution in [-0.2, 0) is 10.8 Å². The first-order chi connectivity index (χ1) is 11.2. The highest BCUT2D eigenvalue weighted by Crippen LogP contribution is 2.38. The van der Waals surface area contributed by atoms with Gasteiger partial charge in [-0.15, -0.1) is 0 Å². The second-order valence-electron chi connectivity index (χ2n) is 5.75. The lowest BCUT2D eigenvalue weighted by molar-refractivity contribution is 0.418. The van der Waals surface area contributed by atoms with Crippen LogP contribution in [0.25, 0.3) is 22.4 Å². The lowest BCUT2D eigenvalue weighted by atomic mass is 10.1. The fraction of sp³-hybridized carbons (Fsp3) is 0.400. The maximum absolute atomic E-state index is 13.0. The van der Waals surface area contributed by atoms with E-state index in [1.54, 1.807) is 16.8 Å². The first-order valence-electron chi connectivity index (χ1n) is 7.33. The Morgan fingerprint density at radius 1 is 1.29 bits per heavy atom. The fourth-order valence-corrected chi connectivity index (χ4v) is 5.07. The topological polar surface area (TPSA) is 104 Å². The van der Waals surface area contributed by atoms with E-state index < -0.39 is 10.8 Å². The summed E-state index contributed by atoms with van der Waals surface area (Å²) < 4.78 is 19.1. The van der Waals surface area contributed by atoms with E-state index in [1.165, 1.54) is 6.39 Å². The van der Waals surface area contributed by atoms with Gasteiger partial charge >= 0.3 is 0 Å². The molecule has 0 N–H and O–H groups in total. The summed E-state index contributed by atoms with van der Waals surface area (Å²) in [5.74, 6) is 0.240. The molecule has 0 aromatic carbocycles. The standard InChI is InChI=1S/C14H11N5O3S.CH4/c20-13-8(11-16-6-22-18-11)4-7-5-15-14-17-12(7)19(13)9-2-1-3-10(9)23(14)21;/h4-6,9-10H,1-3H2;1H4. The molecule has 0 amide bonds. The third kappa shape index (κ3) is 1.90. The number of hydrogen-bond acceptors (Lipinski definition) is 7. The minimum Gasteiger partial charge on any atom is -0.342 e. The van der Waals surface area contributed by atoms with Crippen molar-refractivity contribution < 1.29 is 8.73 Å². The van der Waals surface area contributed by atoms with Crippen LogP contribution in [0.15, 0.2) is 33.1 Å². The van der Waals surface area contributed by atoms with Crippen LogP contribution in [0.3, 0.4) is 0 Å². The van der Waals surface area contributed by atoms with Gasteiger partial charge in [-0.3, -0.25) is 13.6 Å². The molecule has 0 saturated heterocycles. The van der Waals surface area contributed by atoms with Crippen molar-refractivity contribution in [3.05, 3.63) is 29.0 Å². The van der Waals surface area contributed by atoms with E-state index in [1.807, 2.05) is 0 Å². The fourth-order valence-electron chi connectivity index (χ4n) is 3.55. The molecule has 9 heteroatoms. The van der Waals surface area contributed by atoms with E-state index in [0.29, 0.717) is 21.8 Å². The van der Waals surface area contributed by atoms with Crippen LogP contribution in [0.2, 0.25) is 0 Å².